The number of hydrogen-bond donors (Lipinski definition) is 1. The van der Waals surface area contributed by atoms with Crippen molar-refractivity contribution >= 4 is 17.2 Å². The zero-order valence-electron chi connectivity index (χ0n) is 14.2. The summed E-state index contributed by atoms with van der Waals surface area (Å²) in [5, 5.41) is 4.21. The summed E-state index contributed by atoms with van der Waals surface area (Å²) in [6.45, 7) is 7.93. The lowest BCUT2D eigenvalue weighted by atomic mass is 10.2. The van der Waals surface area contributed by atoms with Gasteiger partial charge in [0, 0.05) is 25.2 Å². The monoisotopic (exact) mass is 345 g/mol. The molecule has 0 spiro atoms. The number of rotatable bonds is 4. The van der Waals surface area contributed by atoms with Crippen LogP contribution in [0.15, 0.2) is 24.3 Å². The summed E-state index contributed by atoms with van der Waals surface area (Å²) in [6, 6.07) is 7.87. The molecule has 0 radical (unpaired) electrons. The third-order valence-corrected chi connectivity index (χ3v) is 5.22. The Kier molecular flexibility index (Phi) is 5.48. The van der Waals surface area contributed by atoms with Crippen molar-refractivity contribution in [1.29, 1.82) is 0 Å². The average molecular weight is 345 g/mol. The summed E-state index contributed by atoms with van der Waals surface area (Å²) >= 11 is 1.48. The molecule has 1 aliphatic heterocycles. The molecular weight excluding hydrogens is 322 g/mol. The Bertz CT molecular complexity index is 689. The zero-order valence-corrected chi connectivity index (χ0v) is 15.0. The number of carbonyl (C=O) groups is 1. The average Bonchev–Trinajstić information content (AvgIpc) is 2.81. The van der Waals surface area contributed by atoms with Gasteiger partial charge in [0.05, 0.1) is 12.3 Å². The summed E-state index contributed by atoms with van der Waals surface area (Å²) in [4.78, 5) is 20.1. The molecule has 1 fully saturated rings. The lowest BCUT2D eigenvalue weighted by Crippen LogP contribution is -2.34. The topological polar surface area (TPSA) is 54.5 Å². The minimum Gasteiger partial charge on any atom is -0.494 e. The first-order valence-electron chi connectivity index (χ1n) is 8.39. The van der Waals surface area contributed by atoms with Crippen molar-refractivity contribution < 1.29 is 9.53 Å². The molecule has 1 aromatic heterocycles. The van der Waals surface area contributed by atoms with Crippen molar-refractivity contribution in [2.75, 3.05) is 32.8 Å². The van der Waals surface area contributed by atoms with Crippen LogP contribution in [-0.4, -0.2) is 48.6 Å². The molecule has 2 heterocycles. The lowest BCUT2D eigenvalue weighted by molar-refractivity contribution is 0.0770. The van der Waals surface area contributed by atoms with Gasteiger partial charge in [-0.15, -0.1) is 11.3 Å². The van der Waals surface area contributed by atoms with Gasteiger partial charge in [-0.1, -0.05) is 0 Å². The van der Waals surface area contributed by atoms with Gasteiger partial charge in [-0.2, -0.15) is 0 Å². The zero-order chi connectivity index (χ0) is 16.9. The second-order valence-electron chi connectivity index (χ2n) is 5.79. The third-order valence-electron chi connectivity index (χ3n) is 4.03. The molecule has 0 atom stereocenters. The molecule has 0 unspecified atom stereocenters. The number of ether oxygens (including phenoxy) is 1. The molecular formula is C18H23N3O2S. The number of carbonyl (C=O) groups excluding carboxylic acids is 1. The molecule has 1 aliphatic rings. The summed E-state index contributed by atoms with van der Waals surface area (Å²) in [6.07, 6.45) is 0.995. The van der Waals surface area contributed by atoms with Crippen LogP contribution in [0, 0.1) is 6.92 Å². The molecule has 1 aromatic carbocycles. The maximum atomic E-state index is 12.8. The van der Waals surface area contributed by atoms with Crippen molar-refractivity contribution in [3.05, 3.63) is 34.8 Å². The minimum atomic E-state index is 0.103. The highest BCUT2D eigenvalue weighted by atomic mass is 32.1. The Balaban J connectivity index is 1.80. The molecule has 6 heteroatoms. The van der Waals surface area contributed by atoms with Gasteiger partial charge in [0.25, 0.3) is 5.91 Å². The molecule has 1 amide bonds. The molecule has 0 aliphatic carbocycles. The van der Waals surface area contributed by atoms with Crippen LogP contribution in [0.1, 0.15) is 28.7 Å². The van der Waals surface area contributed by atoms with Crippen molar-refractivity contribution in [3.8, 4) is 16.3 Å². The van der Waals surface area contributed by atoms with Crippen LogP contribution in [0.4, 0.5) is 0 Å². The molecule has 5 nitrogen and oxygen atoms in total. The fourth-order valence-corrected chi connectivity index (χ4v) is 3.81. The van der Waals surface area contributed by atoms with Gasteiger partial charge in [-0.05, 0) is 51.1 Å². The van der Waals surface area contributed by atoms with Gasteiger partial charge in [0.2, 0.25) is 0 Å². The molecule has 128 valence electrons. The highest BCUT2D eigenvalue weighted by molar-refractivity contribution is 7.17. The highest BCUT2D eigenvalue weighted by Crippen LogP contribution is 2.30. The Morgan fingerprint density at radius 1 is 1.29 bits per heavy atom. The number of nitrogens with one attached hydrogen (secondary N) is 1. The summed E-state index contributed by atoms with van der Waals surface area (Å²) in [7, 11) is 0. The van der Waals surface area contributed by atoms with Crippen molar-refractivity contribution in [3.63, 3.8) is 0 Å². The number of aryl methyl sites for hydroxylation is 1. The maximum Gasteiger partial charge on any atom is 0.265 e. The van der Waals surface area contributed by atoms with E-state index in [9.17, 15) is 4.79 Å². The Morgan fingerprint density at radius 2 is 2.08 bits per heavy atom. The van der Waals surface area contributed by atoms with Crippen molar-refractivity contribution in [1.82, 2.24) is 15.2 Å². The molecule has 1 N–H and O–H groups in total. The van der Waals surface area contributed by atoms with Crippen LogP contribution >= 0.6 is 11.3 Å². The van der Waals surface area contributed by atoms with E-state index in [-0.39, 0.29) is 5.91 Å². The number of thiazole rings is 1. The Morgan fingerprint density at radius 3 is 2.83 bits per heavy atom. The molecule has 3 rings (SSSR count). The summed E-state index contributed by atoms with van der Waals surface area (Å²) in [5.74, 6) is 0.953. The SMILES string of the molecule is CCOc1ccc(-c2nc(C)c(C(=O)N3CCCNCC3)s2)cc1. The quantitative estimate of drug-likeness (QED) is 0.926. The largest absolute Gasteiger partial charge is 0.494 e. The van der Waals surface area contributed by atoms with Gasteiger partial charge < -0.3 is 15.0 Å². The molecule has 24 heavy (non-hydrogen) atoms. The molecule has 0 bridgehead atoms. The minimum absolute atomic E-state index is 0.103. The number of aromatic nitrogens is 1. The van der Waals surface area contributed by atoms with E-state index in [1.54, 1.807) is 0 Å². The van der Waals surface area contributed by atoms with Gasteiger partial charge in [-0.25, -0.2) is 4.98 Å². The first kappa shape index (κ1) is 16.9. The smallest absolute Gasteiger partial charge is 0.265 e. The standard InChI is InChI=1S/C18H23N3O2S/c1-3-23-15-7-5-14(6-8-15)17-20-13(2)16(24-17)18(22)21-11-4-9-19-10-12-21/h5-8,19H,3-4,9-12H2,1-2H3. The maximum absolute atomic E-state index is 12.8. The van der Waals surface area contributed by atoms with Crippen molar-refractivity contribution in [2.45, 2.75) is 20.3 Å². The van der Waals surface area contributed by atoms with E-state index < -0.39 is 0 Å². The number of hydrogen-bond acceptors (Lipinski definition) is 5. The van der Waals surface area contributed by atoms with Crippen LogP contribution in [0.25, 0.3) is 10.6 Å². The van der Waals surface area contributed by atoms with Crippen molar-refractivity contribution in [2.24, 2.45) is 0 Å². The van der Waals surface area contributed by atoms with Gasteiger partial charge >= 0.3 is 0 Å². The van der Waals surface area contributed by atoms with E-state index in [0.29, 0.717) is 6.61 Å². The van der Waals surface area contributed by atoms with E-state index in [2.05, 4.69) is 10.3 Å². The van der Waals surface area contributed by atoms with Crippen LogP contribution in [0.2, 0.25) is 0 Å². The predicted octanol–water partition coefficient (Wildman–Crippen LogP) is 2.95. The van der Waals surface area contributed by atoms with Gasteiger partial charge in [0.15, 0.2) is 0 Å². The van der Waals surface area contributed by atoms with E-state index in [4.69, 9.17) is 4.74 Å². The summed E-state index contributed by atoms with van der Waals surface area (Å²) < 4.78 is 5.47. The van der Waals surface area contributed by atoms with Gasteiger partial charge in [0.1, 0.15) is 15.6 Å². The first-order chi connectivity index (χ1) is 11.7. The second-order valence-corrected chi connectivity index (χ2v) is 6.79. The predicted molar refractivity (Wildman–Crippen MR) is 96.8 cm³/mol. The van der Waals surface area contributed by atoms with E-state index in [1.807, 2.05) is 43.0 Å². The second kappa shape index (κ2) is 7.77. The molecule has 1 saturated heterocycles. The van der Waals surface area contributed by atoms with E-state index in [1.165, 1.54) is 11.3 Å². The van der Waals surface area contributed by atoms with E-state index in [0.717, 1.165) is 59.5 Å². The normalized spacial score (nSPS) is 15.2. The lowest BCUT2D eigenvalue weighted by Gasteiger charge is -2.19. The number of benzene rings is 1. The van der Waals surface area contributed by atoms with Crippen LogP contribution in [-0.2, 0) is 0 Å². The summed E-state index contributed by atoms with van der Waals surface area (Å²) in [5.41, 5.74) is 1.83. The van der Waals surface area contributed by atoms with Crippen LogP contribution in [0.5, 0.6) is 5.75 Å². The number of amides is 1. The highest BCUT2D eigenvalue weighted by Gasteiger charge is 2.22. The Hall–Kier alpha value is -1.92. The number of nitrogens with zero attached hydrogens (tertiary/aromatic N) is 2. The van der Waals surface area contributed by atoms with Gasteiger partial charge in [-0.3, -0.25) is 4.79 Å². The first-order valence-corrected chi connectivity index (χ1v) is 9.21. The van der Waals surface area contributed by atoms with Crippen LogP contribution < -0.4 is 10.1 Å². The van der Waals surface area contributed by atoms with E-state index >= 15 is 0 Å². The third kappa shape index (κ3) is 3.76. The fourth-order valence-electron chi connectivity index (χ4n) is 2.77. The fraction of sp³-hybridized carbons (Fsp3) is 0.444. The Labute approximate surface area is 146 Å². The molecule has 2 aromatic rings. The molecule has 0 saturated carbocycles. The van der Waals surface area contributed by atoms with Crippen LogP contribution in [0.3, 0.4) is 0 Å².